The Hall–Kier alpha value is -1.85. The minimum Gasteiger partial charge on any atom is -0.468 e. The van der Waals surface area contributed by atoms with Crippen LogP contribution in [0.25, 0.3) is 0 Å². The summed E-state index contributed by atoms with van der Waals surface area (Å²) in [5, 5.41) is 6.21. The zero-order valence-corrected chi connectivity index (χ0v) is 8.69. The number of carbonyl (C=O) groups excluding carboxylic acids is 2. The van der Waals surface area contributed by atoms with Gasteiger partial charge in [0, 0.05) is 12.7 Å². The van der Waals surface area contributed by atoms with Gasteiger partial charge in [-0.2, -0.15) is 5.10 Å². The molecule has 0 saturated heterocycles. The van der Waals surface area contributed by atoms with E-state index in [0.29, 0.717) is 12.1 Å². The van der Waals surface area contributed by atoms with Crippen LogP contribution in [-0.2, 0) is 9.53 Å². The lowest BCUT2D eigenvalue weighted by Gasteiger charge is -2.18. The normalized spacial score (nSPS) is 9.73. The minimum absolute atomic E-state index is 0.0446. The van der Waals surface area contributed by atoms with Crippen molar-refractivity contribution in [2.75, 3.05) is 20.2 Å². The van der Waals surface area contributed by atoms with Gasteiger partial charge in [-0.05, 0) is 6.92 Å². The molecule has 1 heterocycles. The third-order valence-electron chi connectivity index (χ3n) is 1.96. The third kappa shape index (κ3) is 2.80. The molecule has 1 aromatic rings. The molecule has 1 rings (SSSR count). The lowest BCUT2D eigenvalue weighted by atomic mass is 10.3. The maximum Gasteiger partial charge on any atom is 0.325 e. The van der Waals surface area contributed by atoms with Gasteiger partial charge in [-0.3, -0.25) is 14.7 Å². The van der Waals surface area contributed by atoms with Gasteiger partial charge in [0.2, 0.25) is 0 Å². The Labute approximate surface area is 87.2 Å². The van der Waals surface area contributed by atoms with Crippen molar-refractivity contribution in [2.45, 2.75) is 6.92 Å². The van der Waals surface area contributed by atoms with E-state index in [1.807, 2.05) is 0 Å². The highest BCUT2D eigenvalue weighted by molar-refractivity contribution is 5.95. The van der Waals surface area contributed by atoms with Crippen molar-refractivity contribution in [1.82, 2.24) is 15.1 Å². The number of H-pyrrole nitrogens is 1. The maximum atomic E-state index is 11.7. The summed E-state index contributed by atoms with van der Waals surface area (Å²) in [6.07, 6.45) is 2.91. The molecule has 0 spiro atoms. The van der Waals surface area contributed by atoms with Crippen molar-refractivity contribution in [1.29, 1.82) is 0 Å². The average Bonchev–Trinajstić information content (AvgIpc) is 2.77. The Balaban J connectivity index is 2.67. The number of nitrogens with one attached hydrogen (secondary N) is 1. The van der Waals surface area contributed by atoms with Crippen LogP contribution in [0.15, 0.2) is 12.4 Å². The molecule has 0 aliphatic rings. The molecule has 0 unspecified atom stereocenters. The van der Waals surface area contributed by atoms with Crippen LogP contribution in [0, 0.1) is 0 Å². The first-order valence-electron chi connectivity index (χ1n) is 4.54. The average molecular weight is 211 g/mol. The largest absolute Gasteiger partial charge is 0.468 e. The molecule has 0 aliphatic heterocycles. The summed E-state index contributed by atoms with van der Waals surface area (Å²) in [5.41, 5.74) is 0.431. The van der Waals surface area contributed by atoms with Crippen molar-refractivity contribution >= 4 is 11.9 Å². The molecule has 0 aromatic carbocycles. The van der Waals surface area contributed by atoms with E-state index in [9.17, 15) is 9.59 Å². The van der Waals surface area contributed by atoms with Gasteiger partial charge in [0.25, 0.3) is 5.91 Å². The Kier molecular flexibility index (Phi) is 3.84. The Morgan fingerprint density at radius 1 is 1.60 bits per heavy atom. The Morgan fingerprint density at radius 2 is 2.33 bits per heavy atom. The van der Waals surface area contributed by atoms with Crippen LogP contribution in [0.3, 0.4) is 0 Å². The van der Waals surface area contributed by atoms with Crippen molar-refractivity contribution < 1.29 is 14.3 Å². The van der Waals surface area contributed by atoms with Gasteiger partial charge in [-0.1, -0.05) is 0 Å². The SMILES string of the molecule is CCN(CC(=O)OC)C(=O)c1cn[nH]c1. The molecule has 0 fully saturated rings. The molecular formula is C9H13N3O3. The minimum atomic E-state index is -0.436. The smallest absolute Gasteiger partial charge is 0.325 e. The second kappa shape index (κ2) is 5.14. The highest BCUT2D eigenvalue weighted by Crippen LogP contribution is 2.01. The van der Waals surface area contributed by atoms with Gasteiger partial charge in [-0.15, -0.1) is 0 Å². The van der Waals surface area contributed by atoms with Crippen molar-refractivity contribution in [3.05, 3.63) is 18.0 Å². The number of hydrogen-bond donors (Lipinski definition) is 1. The topological polar surface area (TPSA) is 75.3 Å². The first-order chi connectivity index (χ1) is 7.19. The third-order valence-corrected chi connectivity index (χ3v) is 1.96. The molecule has 0 saturated carbocycles. The van der Waals surface area contributed by atoms with Crippen molar-refractivity contribution in [2.24, 2.45) is 0 Å². The van der Waals surface area contributed by atoms with E-state index in [1.54, 1.807) is 6.92 Å². The van der Waals surface area contributed by atoms with E-state index in [1.165, 1.54) is 24.4 Å². The highest BCUT2D eigenvalue weighted by atomic mass is 16.5. The lowest BCUT2D eigenvalue weighted by Crippen LogP contribution is -2.35. The monoisotopic (exact) mass is 211 g/mol. The molecule has 0 bridgehead atoms. The molecule has 6 heteroatoms. The Morgan fingerprint density at radius 3 is 2.80 bits per heavy atom. The number of carbonyl (C=O) groups is 2. The molecular weight excluding hydrogens is 198 g/mol. The van der Waals surface area contributed by atoms with E-state index >= 15 is 0 Å². The van der Waals surface area contributed by atoms with E-state index < -0.39 is 5.97 Å². The Bertz CT molecular complexity index is 334. The number of rotatable bonds is 4. The number of aromatic nitrogens is 2. The molecule has 0 atom stereocenters. The molecule has 0 radical (unpaired) electrons. The fraction of sp³-hybridized carbons (Fsp3) is 0.444. The van der Waals surface area contributed by atoms with Gasteiger partial charge in [0.1, 0.15) is 6.54 Å². The summed E-state index contributed by atoms with van der Waals surface area (Å²) >= 11 is 0. The predicted octanol–water partition coefficient (Wildman–Crippen LogP) is 0.0448. The maximum absolute atomic E-state index is 11.7. The molecule has 15 heavy (non-hydrogen) atoms. The van der Waals surface area contributed by atoms with E-state index in [-0.39, 0.29) is 12.5 Å². The molecule has 1 N–H and O–H groups in total. The van der Waals surface area contributed by atoms with Crippen molar-refractivity contribution in [3.8, 4) is 0 Å². The zero-order valence-electron chi connectivity index (χ0n) is 8.69. The fourth-order valence-corrected chi connectivity index (χ4v) is 1.10. The summed E-state index contributed by atoms with van der Waals surface area (Å²) < 4.78 is 4.49. The van der Waals surface area contributed by atoms with Crippen LogP contribution in [0.1, 0.15) is 17.3 Å². The van der Waals surface area contributed by atoms with E-state index in [2.05, 4.69) is 14.9 Å². The van der Waals surface area contributed by atoms with E-state index in [0.717, 1.165) is 0 Å². The second-order valence-electron chi connectivity index (χ2n) is 2.88. The first kappa shape index (κ1) is 11.2. The van der Waals surface area contributed by atoms with Crippen LogP contribution in [0.2, 0.25) is 0 Å². The number of ether oxygens (including phenoxy) is 1. The van der Waals surface area contributed by atoms with Crippen LogP contribution in [-0.4, -0.2) is 47.2 Å². The zero-order chi connectivity index (χ0) is 11.3. The standard InChI is InChI=1S/C9H13N3O3/c1-3-12(6-8(13)15-2)9(14)7-4-10-11-5-7/h4-5H,3,6H2,1-2H3,(H,10,11). The molecule has 1 aromatic heterocycles. The fourth-order valence-electron chi connectivity index (χ4n) is 1.10. The highest BCUT2D eigenvalue weighted by Gasteiger charge is 2.17. The summed E-state index contributed by atoms with van der Waals surface area (Å²) in [6, 6.07) is 0. The molecule has 0 aliphatic carbocycles. The summed E-state index contributed by atoms with van der Waals surface area (Å²) in [4.78, 5) is 24.1. The van der Waals surface area contributed by atoms with Gasteiger partial charge in [-0.25, -0.2) is 0 Å². The number of amides is 1. The summed E-state index contributed by atoms with van der Waals surface area (Å²) in [7, 11) is 1.29. The number of aromatic amines is 1. The van der Waals surface area contributed by atoms with Crippen molar-refractivity contribution in [3.63, 3.8) is 0 Å². The van der Waals surface area contributed by atoms with Crippen LogP contribution in [0.5, 0.6) is 0 Å². The molecule has 82 valence electrons. The van der Waals surface area contributed by atoms with Crippen LogP contribution >= 0.6 is 0 Å². The van der Waals surface area contributed by atoms with Gasteiger partial charge in [0.15, 0.2) is 0 Å². The number of nitrogens with zero attached hydrogens (tertiary/aromatic N) is 2. The number of hydrogen-bond acceptors (Lipinski definition) is 4. The van der Waals surface area contributed by atoms with Crippen LogP contribution in [0.4, 0.5) is 0 Å². The van der Waals surface area contributed by atoms with Gasteiger partial charge < -0.3 is 9.64 Å². The first-order valence-corrected chi connectivity index (χ1v) is 4.54. The van der Waals surface area contributed by atoms with Gasteiger partial charge in [0.05, 0.1) is 18.9 Å². The summed E-state index contributed by atoms with van der Waals surface area (Å²) in [5.74, 6) is -0.676. The number of likely N-dealkylation sites (N-methyl/N-ethyl adjacent to an activating group) is 1. The lowest BCUT2D eigenvalue weighted by molar-refractivity contribution is -0.141. The second-order valence-corrected chi connectivity index (χ2v) is 2.88. The predicted molar refractivity (Wildman–Crippen MR) is 52.2 cm³/mol. The van der Waals surface area contributed by atoms with E-state index in [4.69, 9.17) is 0 Å². The molecule has 6 nitrogen and oxygen atoms in total. The number of esters is 1. The molecule has 1 amide bonds. The summed E-state index contributed by atoms with van der Waals surface area (Å²) in [6.45, 7) is 2.19. The van der Waals surface area contributed by atoms with Gasteiger partial charge >= 0.3 is 5.97 Å². The quantitative estimate of drug-likeness (QED) is 0.714. The number of methoxy groups -OCH3 is 1. The van der Waals surface area contributed by atoms with Crippen LogP contribution < -0.4 is 0 Å².